The molecular weight excluding hydrogens is 421 g/mol. The molecule has 166 valence electrons. The first kappa shape index (κ1) is 23.0. The van der Waals surface area contributed by atoms with Gasteiger partial charge < -0.3 is 21.7 Å². The highest BCUT2D eigenvalue weighted by molar-refractivity contribution is 6.30. The minimum Gasteiger partial charge on any atom is -0.384 e. The molecule has 7 nitrogen and oxygen atoms in total. The summed E-state index contributed by atoms with van der Waals surface area (Å²) >= 11 is 5.84. The van der Waals surface area contributed by atoms with Crippen molar-refractivity contribution in [2.45, 2.75) is 45.3 Å². The highest BCUT2D eigenvalue weighted by Gasteiger charge is 2.31. The molecule has 0 bridgehead atoms. The third-order valence-electron chi connectivity index (χ3n) is 5.47. The molecule has 2 amide bonds. The van der Waals surface area contributed by atoms with Crippen LogP contribution in [0, 0.1) is 18.7 Å². The van der Waals surface area contributed by atoms with Gasteiger partial charge in [0, 0.05) is 12.2 Å². The van der Waals surface area contributed by atoms with E-state index in [-0.39, 0.29) is 28.8 Å². The van der Waals surface area contributed by atoms with Crippen LogP contribution in [-0.4, -0.2) is 35.4 Å². The van der Waals surface area contributed by atoms with Gasteiger partial charge in [-0.1, -0.05) is 23.7 Å². The van der Waals surface area contributed by atoms with Crippen molar-refractivity contribution >= 4 is 29.2 Å². The van der Waals surface area contributed by atoms with Gasteiger partial charge in [0.2, 0.25) is 11.8 Å². The molecule has 1 aliphatic heterocycles. The van der Waals surface area contributed by atoms with Crippen molar-refractivity contribution in [2.24, 2.45) is 5.92 Å². The Morgan fingerprint density at radius 2 is 2.13 bits per heavy atom. The maximum Gasteiger partial charge on any atom is 0.242 e. The number of pyridine rings is 1. The first-order chi connectivity index (χ1) is 14.7. The van der Waals surface area contributed by atoms with Crippen LogP contribution >= 0.6 is 11.6 Å². The zero-order valence-corrected chi connectivity index (χ0v) is 18.3. The number of hydrogen-bond acceptors (Lipinski definition) is 5. The molecule has 31 heavy (non-hydrogen) atoms. The van der Waals surface area contributed by atoms with Gasteiger partial charge in [-0.05, 0) is 68.5 Å². The summed E-state index contributed by atoms with van der Waals surface area (Å²) in [5, 5.41) is 8.87. The Balaban J connectivity index is 1.45. The lowest BCUT2D eigenvalue weighted by Crippen LogP contribution is -2.50. The molecule has 3 atom stereocenters. The number of nitrogens with two attached hydrogens (primary N) is 1. The Morgan fingerprint density at radius 3 is 2.84 bits per heavy atom. The number of amides is 2. The third-order valence-corrected chi connectivity index (χ3v) is 5.76. The fourth-order valence-electron chi connectivity index (χ4n) is 3.68. The zero-order chi connectivity index (χ0) is 22.5. The summed E-state index contributed by atoms with van der Waals surface area (Å²) in [5.41, 5.74) is 8.18. The second-order valence-corrected chi connectivity index (χ2v) is 8.35. The van der Waals surface area contributed by atoms with Crippen LogP contribution in [0.5, 0.6) is 0 Å². The van der Waals surface area contributed by atoms with Crippen molar-refractivity contribution in [3.8, 4) is 0 Å². The second-order valence-electron chi connectivity index (χ2n) is 7.94. The monoisotopic (exact) mass is 447 g/mol. The van der Waals surface area contributed by atoms with E-state index in [0.29, 0.717) is 31.7 Å². The lowest BCUT2D eigenvalue weighted by molar-refractivity contribution is -0.129. The molecule has 0 unspecified atom stereocenters. The Hall–Kier alpha value is -2.71. The van der Waals surface area contributed by atoms with Gasteiger partial charge in [0.05, 0.1) is 11.1 Å². The number of carbonyl (C=O) groups is 2. The molecule has 1 fully saturated rings. The molecule has 0 saturated carbocycles. The Morgan fingerprint density at radius 1 is 1.35 bits per heavy atom. The number of aryl methyl sites for hydroxylation is 1. The smallest absolute Gasteiger partial charge is 0.242 e. The van der Waals surface area contributed by atoms with E-state index in [1.54, 1.807) is 25.1 Å². The molecule has 1 saturated heterocycles. The predicted molar refractivity (Wildman–Crippen MR) is 118 cm³/mol. The predicted octanol–water partition coefficient (Wildman–Crippen LogP) is 2.11. The molecular formula is C22H27ClFN5O2. The zero-order valence-electron chi connectivity index (χ0n) is 17.5. The summed E-state index contributed by atoms with van der Waals surface area (Å²) in [6.45, 7) is 4.44. The lowest BCUT2D eigenvalue weighted by atomic mass is 9.96. The SMILES string of the molecule is Cc1nc(N)ccc1CNC(=O)[C@H](C)NC(=O)[C@H]1C[C@H](Cc2ccc(F)c(Cl)c2)CN1. The fourth-order valence-corrected chi connectivity index (χ4v) is 3.88. The number of nitrogen functional groups attached to an aromatic ring is 1. The number of anilines is 1. The molecule has 1 aliphatic rings. The molecule has 0 radical (unpaired) electrons. The largest absolute Gasteiger partial charge is 0.384 e. The molecule has 5 N–H and O–H groups in total. The first-order valence-electron chi connectivity index (χ1n) is 10.2. The Labute approximate surface area is 185 Å². The van der Waals surface area contributed by atoms with Gasteiger partial charge in [-0.25, -0.2) is 9.37 Å². The molecule has 0 aliphatic carbocycles. The number of hydrogen-bond donors (Lipinski definition) is 4. The number of halogens is 2. The van der Waals surface area contributed by atoms with Gasteiger partial charge in [0.25, 0.3) is 0 Å². The highest BCUT2D eigenvalue weighted by Crippen LogP contribution is 2.23. The molecule has 2 heterocycles. The van der Waals surface area contributed by atoms with Crippen LogP contribution in [0.15, 0.2) is 30.3 Å². The topological polar surface area (TPSA) is 109 Å². The van der Waals surface area contributed by atoms with Crippen molar-refractivity contribution in [3.63, 3.8) is 0 Å². The highest BCUT2D eigenvalue weighted by atomic mass is 35.5. The van der Waals surface area contributed by atoms with Crippen LogP contribution in [0.4, 0.5) is 10.2 Å². The molecule has 1 aromatic carbocycles. The molecule has 0 spiro atoms. The average molecular weight is 448 g/mol. The van der Waals surface area contributed by atoms with E-state index in [4.69, 9.17) is 17.3 Å². The molecule has 2 aromatic rings. The van der Waals surface area contributed by atoms with Crippen molar-refractivity contribution < 1.29 is 14.0 Å². The minimum atomic E-state index is -0.675. The number of aromatic nitrogens is 1. The minimum absolute atomic E-state index is 0.0996. The maximum absolute atomic E-state index is 13.3. The summed E-state index contributed by atoms with van der Waals surface area (Å²) < 4.78 is 13.3. The molecule has 3 rings (SSSR count). The van der Waals surface area contributed by atoms with E-state index in [1.807, 2.05) is 13.0 Å². The summed E-state index contributed by atoms with van der Waals surface area (Å²) in [5.74, 6) is -0.282. The van der Waals surface area contributed by atoms with E-state index in [1.165, 1.54) is 6.07 Å². The maximum atomic E-state index is 13.3. The van der Waals surface area contributed by atoms with Crippen molar-refractivity contribution in [1.82, 2.24) is 20.9 Å². The molecule has 1 aromatic heterocycles. The Kier molecular flexibility index (Phi) is 7.46. The Bertz CT molecular complexity index is 971. The van der Waals surface area contributed by atoms with Gasteiger partial charge in [0.15, 0.2) is 0 Å². The third kappa shape index (κ3) is 6.15. The van der Waals surface area contributed by atoms with Crippen LogP contribution in [0.2, 0.25) is 5.02 Å². The van der Waals surface area contributed by atoms with Gasteiger partial charge in [-0.2, -0.15) is 0 Å². The average Bonchev–Trinajstić information content (AvgIpc) is 3.18. The van der Waals surface area contributed by atoms with Crippen molar-refractivity contribution in [1.29, 1.82) is 0 Å². The van der Waals surface area contributed by atoms with Crippen LogP contribution in [0.3, 0.4) is 0 Å². The number of nitrogens with one attached hydrogen (secondary N) is 3. The van der Waals surface area contributed by atoms with Crippen LogP contribution in [-0.2, 0) is 22.6 Å². The van der Waals surface area contributed by atoms with Gasteiger partial charge >= 0.3 is 0 Å². The summed E-state index contributed by atoms with van der Waals surface area (Å²) in [6, 6.07) is 7.13. The molecule has 9 heteroatoms. The summed E-state index contributed by atoms with van der Waals surface area (Å²) in [6.07, 6.45) is 1.33. The van der Waals surface area contributed by atoms with E-state index in [0.717, 1.165) is 16.8 Å². The fraction of sp³-hybridized carbons (Fsp3) is 0.409. The quantitative estimate of drug-likeness (QED) is 0.519. The van der Waals surface area contributed by atoms with Gasteiger partial charge in [-0.3, -0.25) is 9.59 Å². The van der Waals surface area contributed by atoms with Crippen LogP contribution < -0.4 is 21.7 Å². The standard InChI is InChI=1S/C22H27ClFN5O2/c1-12-16(4-6-20(25)28-12)11-27-21(30)13(2)29-22(31)19-9-15(10-26-19)7-14-3-5-18(24)17(23)8-14/h3-6,8,13,15,19,26H,7,9-11H2,1-2H3,(H2,25,28)(H,27,30)(H,29,31)/t13-,15-,19+/m0/s1. The van der Waals surface area contributed by atoms with Crippen LogP contribution in [0.25, 0.3) is 0 Å². The van der Waals surface area contributed by atoms with Crippen LogP contribution in [0.1, 0.15) is 30.2 Å². The normalized spacial score (nSPS) is 19.1. The summed E-state index contributed by atoms with van der Waals surface area (Å²) in [7, 11) is 0. The lowest BCUT2D eigenvalue weighted by Gasteiger charge is -2.17. The number of carbonyl (C=O) groups excluding carboxylic acids is 2. The first-order valence-corrected chi connectivity index (χ1v) is 10.6. The van der Waals surface area contributed by atoms with E-state index in [2.05, 4.69) is 20.9 Å². The van der Waals surface area contributed by atoms with E-state index in [9.17, 15) is 14.0 Å². The van der Waals surface area contributed by atoms with Crippen molar-refractivity contribution in [3.05, 3.63) is 58.0 Å². The number of rotatable bonds is 7. The van der Waals surface area contributed by atoms with Gasteiger partial charge in [0.1, 0.15) is 17.7 Å². The van der Waals surface area contributed by atoms with Gasteiger partial charge in [-0.15, -0.1) is 0 Å². The number of nitrogens with zero attached hydrogens (tertiary/aromatic N) is 1. The van der Waals surface area contributed by atoms with Crippen molar-refractivity contribution in [2.75, 3.05) is 12.3 Å². The number of benzene rings is 1. The van der Waals surface area contributed by atoms with E-state index >= 15 is 0 Å². The summed E-state index contributed by atoms with van der Waals surface area (Å²) in [4.78, 5) is 29.1. The second kappa shape index (κ2) is 10.1. The van der Waals surface area contributed by atoms with E-state index < -0.39 is 11.9 Å².